The molecule has 3 fully saturated rings. The lowest BCUT2D eigenvalue weighted by atomic mass is 9.85. The molecule has 0 spiro atoms. The third-order valence-corrected chi connectivity index (χ3v) is 8.14. The number of aliphatic hydroxyl groups is 1. The van der Waals surface area contributed by atoms with Crippen molar-refractivity contribution in [2.45, 2.75) is 83.1 Å². The van der Waals surface area contributed by atoms with Gasteiger partial charge in [-0.15, -0.1) is 5.10 Å². The highest BCUT2D eigenvalue weighted by atomic mass is 16.5. The van der Waals surface area contributed by atoms with E-state index in [-0.39, 0.29) is 30.8 Å². The molecule has 11 heteroatoms. The molecule has 2 aromatic rings. The lowest BCUT2D eigenvalue weighted by molar-refractivity contribution is -0.144. The zero-order chi connectivity index (χ0) is 28.6. The number of carbonyl (C=O) groups excluding carboxylic acids is 2. The zero-order valence-corrected chi connectivity index (χ0v) is 24.2. The van der Waals surface area contributed by atoms with Crippen molar-refractivity contribution in [3.8, 4) is 11.5 Å². The van der Waals surface area contributed by atoms with Crippen LogP contribution in [0.4, 0.5) is 0 Å². The fraction of sp³-hybridized carbons (Fsp3) is 0.655. The maximum Gasteiger partial charge on any atom is 0.248 e. The van der Waals surface area contributed by atoms with E-state index in [0.29, 0.717) is 19.0 Å². The Kier molecular flexibility index (Phi) is 8.05. The van der Waals surface area contributed by atoms with Gasteiger partial charge in [0.2, 0.25) is 11.8 Å². The van der Waals surface area contributed by atoms with Crippen molar-refractivity contribution < 1.29 is 24.2 Å². The Morgan fingerprint density at radius 1 is 1.10 bits per heavy atom. The second-order valence-electron chi connectivity index (χ2n) is 12.5. The predicted octanol–water partition coefficient (Wildman–Crippen LogP) is 2.11. The summed E-state index contributed by atoms with van der Waals surface area (Å²) in [6.45, 7) is 8.33. The molecule has 218 valence electrons. The van der Waals surface area contributed by atoms with Crippen LogP contribution in [-0.2, 0) is 16.1 Å². The Morgan fingerprint density at radius 2 is 1.80 bits per heavy atom. The lowest BCUT2D eigenvalue weighted by Crippen LogP contribution is -2.52. The molecule has 3 heterocycles. The quantitative estimate of drug-likeness (QED) is 0.484. The van der Waals surface area contributed by atoms with Gasteiger partial charge >= 0.3 is 0 Å². The van der Waals surface area contributed by atoms with Crippen molar-refractivity contribution in [2.75, 3.05) is 33.9 Å². The van der Waals surface area contributed by atoms with Gasteiger partial charge in [0.25, 0.3) is 0 Å². The number of β-amino-alcohol motifs (C(OH)–C–C–N with tert-alkyl or cyclic N) is 1. The van der Waals surface area contributed by atoms with Gasteiger partial charge in [-0.25, -0.2) is 4.68 Å². The highest BCUT2D eigenvalue weighted by molar-refractivity contribution is 5.90. The zero-order valence-electron chi connectivity index (χ0n) is 24.2. The molecule has 2 saturated heterocycles. The van der Waals surface area contributed by atoms with Crippen molar-refractivity contribution in [3.63, 3.8) is 0 Å². The third-order valence-electron chi connectivity index (χ3n) is 8.14. The van der Waals surface area contributed by atoms with Gasteiger partial charge in [-0.2, -0.15) is 0 Å². The topological polar surface area (TPSA) is 122 Å². The summed E-state index contributed by atoms with van der Waals surface area (Å²) in [5.74, 6) is 1.48. The summed E-state index contributed by atoms with van der Waals surface area (Å²) in [5.41, 5.74) is 1.52. The van der Waals surface area contributed by atoms with E-state index in [1.54, 1.807) is 23.8 Å². The van der Waals surface area contributed by atoms with E-state index in [4.69, 9.17) is 9.47 Å². The van der Waals surface area contributed by atoms with E-state index in [2.05, 4.69) is 20.5 Å². The van der Waals surface area contributed by atoms with Crippen LogP contribution in [0.2, 0.25) is 0 Å². The summed E-state index contributed by atoms with van der Waals surface area (Å²) in [6, 6.07) is 4.44. The summed E-state index contributed by atoms with van der Waals surface area (Å²) in [7, 11) is 3.27. The van der Waals surface area contributed by atoms with Crippen molar-refractivity contribution >= 4 is 11.8 Å². The Morgan fingerprint density at radius 3 is 2.42 bits per heavy atom. The van der Waals surface area contributed by atoms with Crippen LogP contribution in [0.25, 0.3) is 0 Å². The molecule has 3 aliphatic rings. The number of amides is 2. The number of aromatic nitrogens is 3. The molecule has 2 N–H and O–H groups in total. The van der Waals surface area contributed by atoms with Gasteiger partial charge in [0.15, 0.2) is 0 Å². The van der Waals surface area contributed by atoms with Crippen LogP contribution in [0.15, 0.2) is 24.4 Å². The number of nitrogens with zero attached hydrogens (tertiary/aromatic N) is 5. The predicted molar refractivity (Wildman–Crippen MR) is 148 cm³/mol. The third kappa shape index (κ3) is 6.25. The number of hydrogen-bond acceptors (Lipinski definition) is 8. The van der Waals surface area contributed by atoms with Crippen molar-refractivity contribution in [1.82, 2.24) is 30.1 Å². The van der Waals surface area contributed by atoms with E-state index in [1.807, 2.05) is 45.2 Å². The molecule has 40 heavy (non-hydrogen) atoms. The number of rotatable bonds is 9. The van der Waals surface area contributed by atoms with Crippen molar-refractivity contribution in [3.05, 3.63) is 35.7 Å². The van der Waals surface area contributed by atoms with Gasteiger partial charge in [-0.3, -0.25) is 14.5 Å². The van der Waals surface area contributed by atoms with E-state index in [9.17, 15) is 14.7 Å². The molecule has 5 rings (SSSR count). The fourth-order valence-electron chi connectivity index (χ4n) is 5.93. The van der Waals surface area contributed by atoms with E-state index in [0.717, 1.165) is 48.6 Å². The molecule has 1 aliphatic carbocycles. The first-order chi connectivity index (χ1) is 19.0. The Bertz CT molecular complexity index is 1200. The molecule has 2 amide bonds. The number of nitrogens with one attached hydrogen (secondary N) is 1. The Labute approximate surface area is 235 Å². The average Bonchev–Trinajstić information content (AvgIpc) is 3.27. The molecule has 4 atom stereocenters. The number of methoxy groups -OCH3 is 2. The summed E-state index contributed by atoms with van der Waals surface area (Å²) in [4.78, 5) is 31.3. The normalized spacial score (nSPS) is 24.2. The van der Waals surface area contributed by atoms with Crippen LogP contribution in [0.1, 0.15) is 69.7 Å². The number of ether oxygens (including phenoxy) is 2. The highest BCUT2D eigenvalue weighted by Gasteiger charge is 2.46. The van der Waals surface area contributed by atoms with Gasteiger partial charge in [0.1, 0.15) is 23.6 Å². The number of benzene rings is 1. The van der Waals surface area contributed by atoms with Crippen LogP contribution in [0.5, 0.6) is 11.5 Å². The second kappa shape index (κ2) is 11.4. The molecule has 1 aromatic carbocycles. The summed E-state index contributed by atoms with van der Waals surface area (Å²) in [5, 5.41) is 22.3. The first kappa shape index (κ1) is 28.4. The lowest BCUT2D eigenvalue weighted by Gasteiger charge is -2.34. The van der Waals surface area contributed by atoms with Gasteiger partial charge in [0.05, 0.1) is 26.0 Å². The summed E-state index contributed by atoms with van der Waals surface area (Å²) >= 11 is 0. The monoisotopic (exact) mass is 554 g/mol. The maximum atomic E-state index is 14.0. The largest absolute Gasteiger partial charge is 0.497 e. The maximum absolute atomic E-state index is 14.0. The second-order valence-corrected chi connectivity index (χ2v) is 12.5. The average molecular weight is 555 g/mol. The Balaban J connectivity index is 1.24. The van der Waals surface area contributed by atoms with Gasteiger partial charge < -0.3 is 24.8 Å². The van der Waals surface area contributed by atoms with Gasteiger partial charge in [-0.05, 0) is 42.4 Å². The molecule has 0 radical (unpaired) electrons. The van der Waals surface area contributed by atoms with Crippen molar-refractivity contribution in [2.24, 2.45) is 5.41 Å². The molecule has 3 unspecified atom stereocenters. The smallest absolute Gasteiger partial charge is 0.248 e. The van der Waals surface area contributed by atoms with Gasteiger partial charge in [0, 0.05) is 56.8 Å². The minimum Gasteiger partial charge on any atom is -0.497 e. The summed E-state index contributed by atoms with van der Waals surface area (Å²) < 4.78 is 12.4. The number of hydrogen-bond donors (Lipinski definition) is 2. The van der Waals surface area contributed by atoms with Crippen LogP contribution in [0, 0.1) is 5.41 Å². The SMILES string of the molecule is COc1cc(CN2CCC(NC(=O)C3CC(O)CN3C(=O)[C@@H](n3cc(C4CC4)nn3)C(C)(C)C)C2)cc(OC)c1. The standard InChI is InChI=1S/C29H42N6O5/c1-29(2,3)26(35-17-24(31-32-35)19-6-7-19)28(38)34-16-21(36)12-25(34)27(37)30-20-8-9-33(15-20)14-18-10-22(39-4)13-23(11-18)40-5/h10-11,13,17,19-21,25-26,36H,6-9,12,14-16H2,1-5H3,(H,30,37)/t20?,21?,25?,26-/m1/s1. The molecular formula is C29H42N6O5. The molecule has 0 bridgehead atoms. The summed E-state index contributed by atoms with van der Waals surface area (Å²) in [6.07, 6.45) is 4.35. The van der Waals surface area contributed by atoms with Crippen LogP contribution >= 0.6 is 0 Å². The van der Waals surface area contributed by atoms with E-state index in [1.165, 1.54) is 0 Å². The van der Waals surface area contributed by atoms with Gasteiger partial charge in [-0.1, -0.05) is 26.0 Å². The van der Waals surface area contributed by atoms with Crippen LogP contribution in [-0.4, -0.2) is 93.8 Å². The molecule has 1 saturated carbocycles. The minimum absolute atomic E-state index is 0.0375. The first-order valence-electron chi connectivity index (χ1n) is 14.2. The minimum atomic E-state index is -0.749. The van der Waals surface area contributed by atoms with Crippen LogP contribution in [0.3, 0.4) is 0 Å². The van der Waals surface area contributed by atoms with Crippen LogP contribution < -0.4 is 14.8 Å². The first-order valence-corrected chi connectivity index (χ1v) is 14.2. The molecule has 11 nitrogen and oxygen atoms in total. The molecule has 1 aromatic heterocycles. The van der Waals surface area contributed by atoms with E-state index >= 15 is 0 Å². The highest BCUT2D eigenvalue weighted by Crippen LogP contribution is 2.40. The van der Waals surface area contributed by atoms with Crippen molar-refractivity contribution in [1.29, 1.82) is 0 Å². The number of carbonyl (C=O) groups is 2. The fourth-order valence-corrected chi connectivity index (χ4v) is 5.93. The van der Waals surface area contributed by atoms with E-state index < -0.39 is 23.6 Å². The number of aliphatic hydroxyl groups excluding tert-OH is 1. The Hall–Kier alpha value is -3.18. The molecule has 2 aliphatic heterocycles. The number of likely N-dealkylation sites (tertiary alicyclic amines) is 2. The molecular weight excluding hydrogens is 512 g/mol.